The highest BCUT2D eigenvalue weighted by Crippen LogP contribution is 2.12. The van der Waals surface area contributed by atoms with Crippen molar-refractivity contribution >= 4 is 0 Å². The van der Waals surface area contributed by atoms with Crippen LogP contribution in [0.4, 0.5) is 0 Å². The fourth-order valence-corrected chi connectivity index (χ4v) is 2.24. The van der Waals surface area contributed by atoms with E-state index in [0.717, 1.165) is 18.0 Å². The molecule has 2 unspecified atom stereocenters. The molecule has 2 nitrogen and oxygen atoms in total. The Balaban J connectivity index is 2.35. The van der Waals surface area contributed by atoms with Gasteiger partial charge in [-0.25, -0.2) is 0 Å². The Morgan fingerprint density at radius 2 is 2.07 bits per heavy atom. The molecule has 0 aliphatic carbocycles. The third kappa shape index (κ3) is 3.58. The molecule has 0 radical (unpaired) electrons. The van der Waals surface area contributed by atoms with E-state index < -0.39 is 0 Å². The molecule has 0 aromatic heterocycles. The summed E-state index contributed by atoms with van der Waals surface area (Å²) in [6.07, 6.45) is 2.58. The zero-order valence-corrected chi connectivity index (χ0v) is 10.2. The molecule has 0 aromatic carbocycles. The fraction of sp³-hybridized carbons (Fsp3) is 1.00. The third-order valence-electron chi connectivity index (χ3n) is 3.26. The normalized spacial score (nSPS) is 26.8. The minimum atomic E-state index is 0.720. The van der Waals surface area contributed by atoms with Gasteiger partial charge in [0.2, 0.25) is 0 Å². The van der Waals surface area contributed by atoms with Crippen LogP contribution in [0.2, 0.25) is 0 Å². The lowest BCUT2D eigenvalue weighted by Gasteiger charge is -2.37. The van der Waals surface area contributed by atoms with E-state index in [1.54, 1.807) is 0 Å². The van der Waals surface area contributed by atoms with Gasteiger partial charge in [-0.05, 0) is 25.7 Å². The maximum atomic E-state index is 3.62. The smallest absolute Gasteiger partial charge is 0.0198 e. The molecule has 1 saturated heterocycles. The highest BCUT2D eigenvalue weighted by atomic mass is 15.2. The van der Waals surface area contributed by atoms with Gasteiger partial charge in [0.15, 0.2) is 0 Å². The first kappa shape index (κ1) is 12.0. The molecule has 1 N–H and O–H groups in total. The van der Waals surface area contributed by atoms with Crippen molar-refractivity contribution in [3.05, 3.63) is 0 Å². The molecule has 0 aromatic rings. The lowest BCUT2D eigenvalue weighted by atomic mass is 10.0. The van der Waals surface area contributed by atoms with Crippen LogP contribution in [-0.4, -0.2) is 36.6 Å². The van der Waals surface area contributed by atoms with Crippen LogP contribution in [-0.2, 0) is 0 Å². The van der Waals surface area contributed by atoms with Crippen molar-refractivity contribution < 1.29 is 0 Å². The number of rotatable bonds is 4. The van der Waals surface area contributed by atoms with E-state index in [2.05, 4.69) is 37.9 Å². The van der Waals surface area contributed by atoms with Crippen molar-refractivity contribution in [2.75, 3.05) is 19.6 Å². The van der Waals surface area contributed by atoms with Crippen LogP contribution in [0.25, 0.3) is 0 Å². The first-order valence-corrected chi connectivity index (χ1v) is 6.11. The van der Waals surface area contributed by atoms with E-state index >= 15 is 0 Å². The van der Waals surface area contributed by atoms with Crippen LogP contribution < -0.4 is 5.32 Å². The Morgan fingerprint density at radius 3 is 2.64 bits per heavy atom. The van der Waals surface area contributed by atoms with Gasteiger partial charge < -0.3 is 5.32 Å². The van der Waals surface area contributed by atoms with Crippen LogP contribution in [0.15, 0.2) is 0 Å². The summed E-state index contributed by atoms with van der Waals surface area (Å²) in [5.41, 5.74) is 0. The molecular formula is C12H26N2. The van der Waals surface area contributed by atoms with Crippen molar-refractivity contribution in [1.29, 1.82) is 0 Å². The zero-order chi connectivity index (χ0) is 10.6. The molecule has 84 valence electrons. The minimum Gasteiger partial charge on any atom is -0.311 e. The largest absolute Gasteiger partial charge is 0.311 e. The quantitative estimate of drug-likeness (QED) is 0.744. The van der Waals surface area contributed by atoms with E-state index in [9.17, 15) is 0 Å². The predicted octanol–water partition coefficient (Wildman–Crippen LogP) is 2.10. The van der Waals surface area contributed by atoms with Crippen LogP contribution in [0.5, 0.6) is 0 Å². The van der Waals surface area contributed by atoms with Crippen LogP contribution in [0.1, 0.15) is 40.5 Å². The van der Waals surface area contributed by atoms with Crippen LogP contribution in [0.3, 0.4) is 0 Å². The predicted molar refractivity (Wildman–Crippen MR) is 62.6 cm³/mol. The highest BCUT2D eigenvalue weighted by Gasteiger charge is 2.22. The molecule has 1 aliphatic rings. The van der Waals surface area contributed by atoms with Gasteiger partial charge >= 0.3 is 0 Å². The molecule has 0 saturated carbocycles. The first-order chi connectivity index (χ1) is 6.63. The summed E-state index contributed by atoms with van der Waals surface area (Å²) in [6.45, 7) is 12.9. The molecular weight excluding hydrogens is 172 g/mol. The van der Waals surface area contributed by atoms with Gasteiger partial charge in [-0.15, -0.1) is 0 Å². The van der Waals surface area contributed by atoms with Crippen molar-refractivity contribution in [3.63, 3.8) is 0 Å². The monoisotopic (exact) mass is 198 g/mol. The number of piperazine rings is 1. The Labute approximate surface area is 89.1 Å². The van der Waals surface area contributed by atoms with E-state index in [1.807, 2.05) is 0 Å². The summed E-state index contributed by atoms with van der Waals surface area (Å²) in [4.78, 5) is 2.63. The summed E-state index contributed by atoms with van der Waals surface area (Å²) in [6, 6.07) is 1.48. The maximum absolute atomic E-state index is 3.62. The van der Waals surface area contributed by atoms with Gasteiger partial charge in [0.1, 0.15) is 0 Å². The second-order valence-electron chi connectivity index (χ2n) is 5.03. The van der Waals surface area contributed by atoms with Gasteiger partial charge in [0.05, 0.1) is 0 Å². The molecule has 1 fully saturated rings. The topological polar surface area (TPSA) is 15.3 Å². The van der Waals surface area contributed by atoms with E-state index in [-0.39, 0.29) is 0 Å². The zero-order valence-electron chi connectivity index (χ0n) is 10.2. The average molecular weight is 198 g/mol. The summed E-state index contributed by atoms with van der Waals surface area (Å²) in [5, 5.41) is 3.62. The average Bonchev–Trinajstić information content (AvgIpc) is 2.16. The second-order valence-corrected chi connectivity index (χ2v) is 5.03. The minimum absolute atomic E-state index is 0.720. The van der Waals surface area contributed by atoms with Gasteiger partial charge in [-0.3, -0.25) is 4.90 Å². The standard InChI is InChI=1S/C12H26N2/c1-5-11(4)14-7-6-13-12(9-14)8-10(2)3/h10-13H,5-9H2,1-4H3. The third-order valence-corrected chi connectivity index (χ3v) is 3.26. The number of hydrogen-bond acceptors (Lipinski definition) is 2. The van der Waals surface area contributed by atoms with E-state index in [1.165, 1.54) is 32.5 Å². The molecule has 1 rings (SSSR count). The van der Waals surface area contributed by atoms with Crippen molar-refractivity contribution in [2.45, 2.75) is 52.6 Å². The van der Waals surface area contributed by atoms with Gasteiger partial charge in [0.25, 0.3) is 0 Å². The van der Waals surface area contributed by atoms with E-state index in [0.29, 0.717) is 0 Å². The number of nitrogens with one attached hydrogen (secondary N) is 1. The summed E-state index contributed by atoms with van der Waals surface area (Å²) in [7, 11) is 0. The molecule has 0 amide bonds. The molecule has 1 heterocycles. The molecule has 0 bridgehead atoms. The van der Waals surface area contributed by atoms with Gasteiger partial charge in [-0.1, -0.05) is 20.8 Å². The van der Waals surface area contributed by atoms with Crippen LogP contribution in [0, 0.1) is 5.92 Å². The SMILES string of the molecule is CCC(C)N1CCNC(CC(C)C)C1. The van der Waals surface area contributed by atoms with Crippen molar-refractivity contribution in [1.82, 2.24) is 10.2 Å². The molecule has 2 heteroatoms. The summed E-state index contributed by atoms with van der Waals surface area (Å²) >= 11 is 0. The second kappa shape index (κ2) is 5.72. The molecule has 0 spiro atoms. The van der Waals surface area contributed by atoms with Gasteiger partial charge in [-0.2, -0.15) is 0 Å². The summed E-state index contributed by atoms with van der Waals surface area (Å²) < 4.78 is 0. The first-order valence-electron chi connectivity index (χ1n) is 6.11. The Morgan fingerprint density at radius 1 is 1.36 bits per heavy atom. The molecule has 1 aliphatic heterocycles. The molecule has 2 atom stereocenters. The lowest BCUT2D eigenvalue weighted by Crippen LogP contribution is -2.53. The summed E-state index contributed by atoms with van der Waals surface area (Å²) in [5.74, 6) is 0.810. The van der Waals surface area contributed by atoms with Gasteiger partial charge in [0, 0.05) is 31.7 Å². The Bertz CT molecular complexity index is 156. The van der Waals surface area contributed by atoms with Crippen molar-refractivity contribution in [2.24, 2.45) is 5.92 Å². The van der Waals surface area contributed by atoms with E-state index in [4.69, 9.17) is 0 Å². The molecule has 14 heavy (non-hydrogen) atoms. The lowest BCUT2D eigenvalue weighted by molar-refractivity contribution is 0.140. The highest BCUT2D eigenvalue weighted by molar-refractivity contribution is 4.81. The maximum Gasteiger partial charge on any atom is 0.0198 e. The fourth-order valence-electron chi connectivity index (χ4n) is 2.24. The Kier molecular flexibility index (Phi) is 4.90. The Hall–Kier alpha value is -0.0800. The number of nitrogens with zero attached hydrogens (tertiary/aromatic N) is 1. The van der Waals surface area contributed by atoms with Crippen LogP contribution >= 0.6 is 0 Å². The van der Waals surface area contributed by atoms with Crippen molar-refractivity contribution in [3.8, 4) is 0 Å². The number of hydrogen-bond donors (Lipinski definition) is 1.